The monoisotopic (exact) mass is 275 g/mol. The molecule has 0 amide bonds. The van der Waals surface area contributed by atoms with Crippen molar-refractivity contribution in [3.8, 4) is 11.1 Å². The third-order valence-corrected chi connectivity index (χ3v) is 3.46. The van der Waals surface area contributed by atoms with E-state index in [1.807, 2.05) is 24.3 Å². The molecule has 2 aromatic carbocycles. The Morgan fingerprint density at radius 2 is 1.70 bits per heavy atom. The zero-order valence-corrected chi connectivity index (χ0v) is 10.9. The molecule has 1 atom stereocenters. The Morgan fingerprint density at radius 3 is 2.35 bits per heavy atom. The molecule has 1 N–H and O–H groups in total. The molecule has 2 nitrogen and oxygen atoms in total. The highest BCUT2D eigenvalue weighted by Crippen LogP contribution is 2.25. The van der Waals surface area contributed by atoms with Gasteiger partial charge >= 0.3 is 0 Å². The van der Waals surface area contributed by atoms with E-state index in [1.165, 1.54) is 6.07 Å². The molecule has 104 valence electrons. The summed E-state index contributed by atoms with van der Waals surface area (Å²) < 4.78 is 31.8. The van der Waals surface area contributed by atoms with Gasteiger partial charge in [0.25, 0.3) is 0 Å². The van der Waals surface area contributed by atoms with Crippen LogP contribution in [0.2, 0.25) is 0 Å². The molecular formula is C16H15F2NO. The van der Waals surface area contributed by atoms with Gasteiger partial charge in [-0.15, -0.1) is 0 Å². The molecule has 4 heteroatoms. The van der Waals surface area contributed by atoms with Gasteiger partial charge in [-0.2, -0.15) is 0 Å². The van der Waals surface area contributed by atoms with Crippen LogP contribution in [0, 0.1) is 11.6 Å². The number of hydrogen-bond acceptors (Lipinski definition) is 2. The first-order valence-corrected chi connectivity index (χ1v) is 6.62. The molecular weight excluding hydrogens is 260 g/mol. The number of halogens is 2. The standard InChI is InChI=1S/C16H15F2NO/c17-14-6-5-13(9-15(14)18)11-1-3-12(4-2-11)16-10-19-7-8-20-16/h1-6,9,16,19H,7-8,10H2. The van der Waals surface area contributed by atoms with Gasteiger partial charge in [0.05, 0.1) is 12.7 Å². The molecule has 1 unspecified atom stereocenters. The van der Waals surface area contributed by atoms with Crippen LogP contribution in [0.25, 0.3) is 11.1 Å². The van der Waals surface area contributed by atoms with Crippen LogP contribution in [0.15, 0.2) is 42.5 Å². The second kappa shape index (κ2) is 5.69. The van der Waals surface area contributed by atoms with Crippen LogP contribution in [0.3, 0.4) is 0 Å². The van der Waals surface area contributed by atoms with Gasteiger partial charge in [-0.1, -0.05) is 30.3 Å². The van der Waals surface area contributed by atoms with E-state index in [-0.39, 0.29) is 6.10 Å². The van der Waals surface area contributed by atoms with Crippen molar-refractivity contribution in [3.63, 3.8) is 0 Å². The van der Waals surface area contributed by atoms with Crippen molar-refractivity contribution in [3.05, 3.63) is 59.7 Å². The van der Waals surface area contributed by atoms with Crippen molar-refractivity contribution < 1.29 is 13.5 Å². The van der Waals surface area contributed by atoms with Gasteiger partial charge in [0, 0.05) is 13.1 Å². The maximum Gasteiger partial charge on any atom is 0.159 e. The number of rotatable bonds is 2. The van der Waals surface area contributed by atoms with Crippen molar-refractivity contribution in [2.75, 3.05) is 19.7 Å². The van der Waals surface area contributed by atoms with Crippen LogP contribution in [0.4, 0.5) is 8.78 Å². The summed E-state index contributed by atoms with van der Waals surface area (Å²) in [6, 6.07) is 11.7. The Kier molecular flexibility index (Phi) is 3.76. The van der Waals surface area contributed by atoms with Crippen molar-refractivity contribution >= 4 is 0 Å². The van der Waals surface area contributed by atoms with E-state index in [1.54, 1.807) is 6.07 Å². The second-order valence-electron chi connectivity index (χ2n) is 4.81. The summed E-state index contributed by atoms with van der Waals surface area (Å²) in [4.78, 5) is 0. The third kappa shape index (κ3) is 2.71. The third-order valence-electron chi connectivity index (χ3n) is 3.46. The van der Waals surface area contributed by atoms with Gasteiger partial charge in [-0.05, 0) is 28.8 Å². The zero-order chi connectivity index (χ0) is 13.9. The number of hydrogen-bond donors (Lipinski definition) is 1. The topological polar surface area (TPSA) is 21.3 Å². The molecule has 0 radical (unpaired) electrons. The number of ether oxygens (including phenoxy) is 1. The Hall–Kier alpha value is -1.78. The van der Waals surface area contributed by atoms with E-state index in [9.17, 15) is 8.78 Å². The summed E-state index contributed by atoms with van der Waals surface area (Å²) in [5, 5.41) is 3.28. The first kappa shape index (κ1) is 13.2. The summed E-state index contributed by atoms with van der Waals surface area (Å²) >= 11 is 0. The van der Waals surface area contributed by atoms with E-state index in [2.05, 4.69) is 5.32 Å². The highest BCUT2D eigenvalue weighted by molar-refractivity contribution is 5.63. The molecule has 1 heterocycles. The fourth-order valence-corrected chi connectivity index (χ4v) is 2.35. The van der Waals surface area contributed by atoms with Gasteiger partial charge in [0.15, 0.2) is 11.6 Å². The van der Waals surface area contributed by atoms with Crippen LogP contribution >= 0.6 is 0 Å². The lowest BCUT2D eigenvalue weighted by molar-refractivity contribution is 0.0277. The average Bonchev–Trinajstić information content (AvgIpc) is 2.51. The Labute approximate surface area is 116 Å². The SMILES string of the molecule is Fc1ccc(-c2ccc(C3CNCCO3)cc2)cc1F. The van der Waals surface area contributed by atoms with Crippen LogP contribution in [0.5, 0.6) is 0 Å². The van der Waals surface area contributed by atoms with Crippen molar-refractivity contribution in [1.82, 2.24) is 5.32 Å². The molecule has 1 aliphatic heterocycles. The molecule has 2 aromatic rings. The molecule has 0 bridgehead atoms. The Bertz CT molecular complexity index is 592. The van der Waals surface area contributed by atoms with Crippen LogP contribution < -0.4 is 5.32 Å². The normalized spacial score (nSPS) is 19.0. The summed E-state index contributed by atoms with van der Waals surface area (Å²) in [5.41, 5.74) is 2.61. The van der Waals surface area contributed by atoms with E-state index < -0.39 is 11.6 Å². The zero-order valence-electron chi connectivity index (χ0n) is 10.9. The molecule has 3 rings (SSSR count). The lowest BCUT2D eigenvalue weighted by Crippen LogP contribution is -2.33. The highest BCUT2D eigenvalue weighted by atomic mass is 19.2. The maximum absolute atomic E-state index is 13.2. The quantitative estimate of drug-likeness (QED) is 0.908. The minimum atomic E-state index is -0.827. The summed E-state index contributed by atoms with van der Waals surface area (Å²) in [6.07, 6.45) is 0.0581. The molecule has 1 saturated heterocycles. The number of nitrogens with one attached hydrogen (secondary N) is 1. The van der Waals surface area contributed by atoms with Gasteiger partial charge in [0.1, 0.15) is 0 Å². The Balaban J connectivity index is 1.83. The lowest BCUT2D eigenvalue weighted by atomic mass is 10.0. The lowest BCUT2D eigenvalue weighted by Gasteiger charge is -2.24. The Morgan fingerprint density at radius 1 is 0.950 bits per heavy atom. The summed E-state index contributed by atoms with van der Waals surface area (Å²) in [7, 11) is 0. The molecule has 1 aliphatic rings. The predicted octanol–water partition coefficient (Wildman–Crippen LogP) is 3.29. The second-order valence-corrected chi connectivity index (χ2v) is 4.81. The van der Waals surface area contributed by atoms with E-state index >= 15 is 0 Å². The van der Waals surface area contributed by atoms with E-state index in [0.717, 1.165) is 30.3 Å². The van der Waals surface area contributed by atoms with Gasteiger partial charge in [-0.3, -0.25) is 0 Å². The maximum atomic E-state index is 13.2. The first-order chi connectivity index (χ1) is 9.74. The van der Waals surface area contributed by atoms with Crippen molar-refractivity contribution in [2.45, 2.75) is 6.10 Å². The molecule has 0 aromatic heterocycles. The minimum Gasteiger partial charge on any atom is -0.371 e. The first-order valence-electron chi connectivity index (χ1n) is 6.62. The average molecular weight is 275 g/mol. The van der Waals surface area contributed by atoms with Crippen LogP contribution in [0.1, 0.15) is 11.7 Å². The molecule has 1 fully saturated rings. The van der Waals surface area contributed by atoms with Crippen LogP contribution in [-0.4, -0.2) is 19.7 Å². The largest absolute Gasteiger partial charge is 0.371 e. The highest BCUT2D eigenvalue weighted by Gasteiger charge is 2.15. The van der Waals surface area contributed by atoms with E-state index in [4.69, 9.17) is 4.74 Å². The fourth-order valence-electron chi connectivity index (χ4n) is 2.35. The molecule has 0 spiro atoms. The van der Waals surface area contributed by atoms with Crippen molar-refractivity contribution in [2.24, 2.45) is 0 Å². The summed E-state index contributed by atoms with van der Waals surface area (Å²) in [5.74, 6) is -1.65. The molecule has 0 aliphatic carbocycles. The number of morpholine rings is 1. The van der Waals surface area contributed by atoms with Gasteiger partial charge < -0.3 is 10.1 Å². The smallest absolute Gasteiger partial charge is 0.159 e. The van der Waals surface area contributed by atoms with Crippen LogP contribution in [-0.2, 0) is 4.74 Å². The van der Waals surface area contributed by atoms with Gasteiger partial charge in [0.2, 0.25) is 0 Å². The van der Waals surface area contributed by atoms with E-state index in [0.29, 0.717) is 12.2 Å². The van der Waals surface area contributed by atoms with Gasteiger partial charge in [-0.25, -0.2) is 8.78 Å². The molecule has 0 saturated carbocycles. The number of benzene rings is 2. The van der Waals surface area contributed by atoms with Crippen molar-refractivity contribution in [1.29, 1.82) is 0 Å². The predicted molar refractivity (Wildman–Crippen MR) is 73.4 cm³/mol. The molecule has 20 heavy (non-hydrogen) atoms. The minimum absolute atomic E-state index is 0.0581. The fraction of sp³-hybridized carbons (Fsp3) is 0.250. The summed E-state index contributed by atoms with van der Waals surface area (Å²) in [6.45, 7) is 2.38.